The summed E-state index contributed by atoms with van der Waals surface area (Å²) in [5, 5.41) is 2.75. The molecule has 4 nitrogen and oxygen atoms in total. The van der Waals surface area contributed by atoms with Gasteiger partial charge in [-0.05, 0) is 12.1 Å². The molecular weight excluding hydrogens is 170 g/mol. The van der Waals surface area contributed by atoms with Crippen molar-refractivity contribution in [2.75, 3.05) is 12.4 Å². The number of nitrogens with one attached hydrogen (secondary N) is 1. The summed E-state index contributed by atoms with van der Waals surface area (Å²) in [5.74, 6) is 3.05. The van der Waals surface area contributed by atoms with E-state index in [1.165, 1.54) is 0 Å². The number of methoxy groups -OCH3 is 1. The number of benzene rings is 1. The number of hydrogen-bond acceptors (Lipinski definition) is 4. The molecule has 1 aliphatic rings. The second-order valence-electron chi connectivity index (χ2n) is 2.52. The van der Waals surface area contributed by atoms with Gasteiger partial charge in [-0.1, -0.05) is 0 Å². The van der Waals surface area contributed by atoms with Gasteiger partial charge in [-0.25, -0.2) is 4.79 Å². The molecule has 0 aliphatic carbocycles. The highest BCUT2D eigenvalue weighted by atomic mass is 16.5. The molecule has 1 N–H and O–H groups in total. The molecule has 1 heterocycles. The van der Waals surface area contributed by atoms with Crippen LogP contribution in [0.15, 0.2) is 24.1 Å². The Morgan fingerprint density at radius 2 is 2.38 bits per heavy atom. The standard InChI is InChI=1S/C9H7NO3/c1-12-6-2-3-8-7(4-6)10-9(5-11)13-8/h2-4,10H,1H3. The Hall–Kier alpha value is -1.93. The zero-order valence-electron chi connectivity index (χ0n) is 6.96. The molecule has 1 aromatic carbocycles. The monoisotopic (exact) mass is 177 g/mol. The molecule has 2 rings (SSSR count). The van der Waals surface area contributed by atoms with Gasteiger partial charge in [-0.2, -0.15) is 0 Å². The summed E-state index contributed by atoms with van der Waals surface area (Å²) in [7, 11) is 1.58. The van der Waals surface area contributed by atoms with E-state index in [1.54, 1.807) is 31.3 Å². The molecule has 0 aromatic heterocycles. The fraction of sp³-hybridized carbons (Fsp3) is 0.111. The van der Waals surface area contributed by atoms with Crippen molar-refractivity contribution in [2.45, 2.75) is 0 Å². The predicted octanol–water partition coefficient (Wildman–Crippen LogP) is 1.17. The molecule has 0 fully saturated rings. The summed E-state index contributed by atoms with van der Waals surface area (Å²) in [6.45, 7) is 0. The molecule has 0 spiro atoms. The van der Waals surface area contributed by atoms with E-state index in [0.29, 0.717) is 11.5 Å². The molecule has 0 saturated heterocycles. The van der Waals surface area contributed by atoms with Crippen LogP contribution in [-0.4, -0.2) is 13.1 Å². The van der Waals surface area contributed by atoms with Crippen LogP contribution < -0.4 is 14.8 Å². The van der Waals surface area contributed by atoms with Crippen molar-refractivity contribution in [3.63, 3.8) is 0 Å². The van der Waals surface area contributed by atoms with Crippen LogP contribution in [0.1, 0.15) is 0 Å². The molecule has 66 valence electrons. The maximum absolute atomic E-state index is 10.2. The number of hydrogen-bond donors (Lipinski definition) is 1. The van der Waals surface area contributed by atoms with Crippen LogP contribution in [-0.2, 0) is 4.79 Å². The molecule has 0 saturated carbocycles. The van der Waals surface area contributed by atoms with Crippen LogP contribution in [0.5, 0.6) is 11.5 Å². The maximum atomic E-state index is 10.2. The molecule has 0 atom stereocenters. The van der Waals surface area contributed by atoms with E-state index >= 15 is 0 Å². The van der Waals surface area contributed by atoms with Crippen LogP contribution in [0, 0.1) is 0 Å². The molecule has 4 heteroatoms. The first-order valence-electron chi connectivity index (χ1n) is 3.71. The van der Waals surface area contributed by atoms with E-state index < -0.39 is 0 Å². The fourth-order valence-electron chi connectivity index (χ4n) is 1.13. The Balaban J connectivity index is 2.41. The van der Waals surface area contributed by atoms with Gasteiger partial charge in [-0.15, -0.1) is 0 Å². The van der Waals surface area contributed by atoms with Gasteiger partial charge in [0.1, 0.15) is 5.75 Å². The van der Waals surface area contributed by atoms with Crippen molar-refractivity contribution >= 4 is 11.6 Å². The van der Waals surface area contributed by atoms with E-state index in [-0.39, 0.29) is 5.88 Å². The van der Waals surface area contributed by atoms with Gasteiger partial charge in [-0.3, -0.25) is 0 Å². The zero-order chi connectivity index (χ0) is 9.26. The van der Waals surface area contributed by atoms with Gasteiger partial charge in [0.2, 0.25) is 0 Å². The molecule has 1 aliphatic heterocycles. The Morgan fingerprint density at radius 1 is 1.54 bits per heavy atom. The second kappa shape index (κ2) is 2.84. The average Bonchev–Trinajstić information content (AvgIpc) is 2.58. The summed E-state index contributed by atoms with van der Waals surface area (Å²) in [4.78, 5) is 10.2. The second-order valence-corrected chi connectivity index (χ2v) is 2.52. The lowest BCUT2D eigenvalue weighted by Crippen LogP contribution is -1.96. The third-order valence-corrected chi connectivity index (χ3v) is 1.74. The minimum atomic E-state index is 0.0863. The Morgan fingerprint density at radius 3 is 3.08 bits per heavy atom. The molecule has 13 heavy (non-hydrogen) atoms. The molecule has 1 aromatic rings. The SMILES string of the molecule is COc1ccc2c(c1)NC(=C=O)O2. The number of ether oxygens (including phenoxy) is 2. The molecular formula is C9H7NO3. The van der Waals surface area contributed by atoms with Crippen molar-refractivity contribution < 1.29 is 14.3 Å². The number of rotatable bonds is 1. The lowest BCUT2D eigenvalue weighted by Gasteiger charge is -2.00. The Bertz CT molecular complexity index is 394. The maximum Gasteiger partial charge on any atom is 0.285 e. The van der Waals surface area contributed by atoms with Crippen molar-refractivity contribution in [3.8, 4) is 11.5 Å². The van der Waals surface area contributed by atoms with Crippen molar-refractivity contribution in [1.29, 1.82) is 0 Å². The van der Waals surface area contributed by atoms with Crippen molar-refractivity contribution in [2.24, 2.45) is 0 Å². The van der Waals surface area contributed by atoms with Gasteiger partial charge in [0.25, 0.3) is 5.88 Å². The Labute approximate surface area is 74.8 Å². The highest BCUT2D eigenvalue weighted by Crippen LogP contribution is 2.35. The molecule has 0 bridgehead atoms. The largest absolute Gasteiger partial charge is 0.497 e. The smallest absolute Gasteiger partial charge is 0.285 e. The minimum absolute atomic E-state index is 0.0863. The topological polar surface area (TPSA) is 47.6 Å². The first-order chi connectivity index (χ1) is 6.33. The Kier molecular flexibility index (Phi) is 1.69. The van der Waals surface area contributed by atoms with Crippen molar-refractivity contribution in [3.05, 3.63) is 24.1 Å². The molecule has 0 radical (unpaired) electrons. The summed E-state index contributed by atoms with van der Waals surface area (Å²) in [6, 6.07) is 5.24. The van der Waals surface area contributed by atoms with Crippen LogP contribution in [0.3, 0.4) is 0 Å². The number of anilines is 1. The molecule has 0 unspecified atom stereocenters. The van der Waals surface area contributed by atoms with Gasteiger partial charge in [0.15, 0.2) is 11.7 Å². The summed E-state index contributed by atoms with van der Waals surface area (Å²) in [5.41, 5.74) is 0.720. The first-order valence-corrected chi connectivity index (χ1v) is 3.71. The molecule has 0 amide bonds. The summed E-state index contributed by atoms with van der Waals surface area (Å²) >= 11 is 0. The third kappa shape index (κ3) is 1.23. The van der Waals surface area contributed by atoms with Gasteiger partial charge in [0, 0.05) is 6.07 Å². The van der Waals surface area contributed by atoms with Gasteiger partial charge >= 0.3 is 0 Å². The van der Waals surface area contributed by atoms with Gasteiger partial charge in [0.05, 0.1) is 12.8 Å². The summed E-state index contributed by atoms with van der Waals surface area (Å²) in [6.07, 6.45) is 0. The van der Waals surface area contributed by atoms with E-state index in [1.807, 2.05) is 0 Å². The lowest BCUT2D eigenvalue weighted by atomic mass is 10.3. The normalized spacial score (nSPS) is 12.5. The third-order valence-electron chi connectivity index (χ3n) is 1.74. The average molecular weight is 177 g/mol. The minimum Gasteiger partial charge on any atom is -0.497 e. The highest BCUT2D eigenvalue weighted by molar-refractivity contribution is 5.71. The van der Waals surface area contributed by atoms with E-state index in [0.717, 1.165) is 5.69 Å². The van der Waals surface area contributed by atoms with Gasteiger partial charge < -0.3 is 14.8 Å². The van der Waals surface area contributed by atoms with E-state index in [2.05, 4.69) is 5.32 Å². The quantitative estimate of drug-likeness (QED) is 0.654. The zero-order valence-corrected chi connectivity index (χ0v) is 6.96. The predicted molar refractivity (Wildman–Crippen MR) is 46.5 cm³/mol. The van der Waals surface area contributed by atoms with Crippen molar-refractivity contribution in [1.82, 2.24) is 0 Å². The first kappa shape index (κ1) is 7.71. The van der Waals surface area contributed by atoms with Crippen LogP contribution in [0.2, 0.25) is 0 Å². The summed E-state index contributed by atoms with van der Waals surface area (Å²) < 4.78 is 10.1. The van der Waals surface area contributed by atoms with Crippen LogP contribution in [0.25, 0.3) is 0 Å². The van der Waals surface area contributed by atoms with Crippen LogP contribution >= 0.6 is 0 Å². The number of carbonyl (C=O) groups excluding carboxylic acids is 1. The van der Waals surface area contributed by atoms with Crippen LogP contribution in [0.4, 0.5) is 5.69 Å². The lowest BCUT2D eigenvalue weighted by molar-refractivity contribution is 0.413. The highest BCUT2D eigenvalue weighted by Gasteiger charge is 2.17. The number of fused-ring (bicyclic) bond motifs is 1. The van der Waals surface area contributed by atoms with E-state index in [4.69, 9.17) is 9.47 Å². The fourth-order valence-corrected chi connectivity index (χ4v) is 1.13. The van der Waals surface area contributed by atoms with E-state index in [9.17, 15) is 4.79 Å².